The van der Waals surface area contributed by atoms with Crippen molar-refractivity contribution in [1.29, 1.82) is 0 Å². The van der Waals surface area contributed by atoms with Gasteiger partial charge in [-0.2, -0.15) is 0 Å². The first-order valence-electron chi connectivity index (χ1n) is 5.79. The Morgan fingerprint density at radius 3 is 2.35 bits per heavy atom. The summed E-state index contributed by atoms with van der Waals surface area (Å²) >= 11 is 0. The summed E-state index contributed by atoms with van der Waals surface area (Å²) in [5.74, 6) is -0.505. The highest BCUT2D eigenvalue weighted by Crippen LogP contribution is 2.02. The van der Waals surface area contributed by atoms with Gasteiger partial charge in [-0.25, -0.2) is 0 Å². The van der Waals surface area contributed by atoms with Crippen LogP contribution in [0.4, 0.5) is 0 Å². The Balaban J connectivity index is 0. The number of unbranched alkanes of at least 4 members (excludes halogenated alkanes) is 1. The van der Waals surface area contributed by atoms with Gasteiger partial charge in [-0.05, 0) is 19.8 Å². The summed E-state index contributed by atoms with van der Waals surface area (Å²) < 4.78 is 0. The van der Waals surface area contributed by atoms with Gasteiger partial charge in [0.25, 0.3) is 0 Å². The van der Waals surface area contributed by atoms with Crippen molar-refractivity contribution in [3.8, 4) is 0 Å². The summed E-state index contributed by atoms with van der Waals surface area (Å²) in [6.45, 7) is 4.50. The molecule has 0 saturated carbocycles. The third-order valence-corrected chi connectivity index (χ3v) is 2.29. The van der Waals surface area contributed by atoms with E-state index in [-0.39, 0.29) is 30.9 Å². The second-order valence-corrected chi connectivity index (χ2v) is 4.15. The zero-order chi connectivity index (χ0) is 12.6. The van der Waals surface area contributed by atoms with Crippen LogP contribution in [0.2, 0.25) is 0 Å². The highest BCUT2D eigenvalue weighted by molar-refractivity contribution is 5.85. The second kappa shape index (κ2) is 10.4. The number of halogens is 1. The van der Waals surface area contributed by atoms with Crippen LogP contribution in [-0.4, -0.2) is 35.8 Å². The number of nitrogens with two attached hydrogens (primary N) is 2. The van der Waals surface area contributed by atoms with E-state index < -0.39 is 5.91 Å². The fraction of sp³-hybridized carbons (Fsp3) is 0.818. The molecular weight excluding hydrogens is 242 g/mol. The average Bonchev–Trinajstić information content (AvgIpc) is 2.20. The molecule has 102 valence electrons. The molecule has 6 heteroatoms. The Bertz CT molecular complexity index is 235. The third kappa shape index (κ3) is 10.1. The van der Waals surface area contributed by atoms with E-state index >= 15 is 0 Å². The number of hydrogen-bond acceptors (Lipinski definition) is 3. The van der Waals surface area contributed by atoms with Gasteiger partial charge in [-0.1, -0.05) is 13.3 Å². The lowest BCUT2D eigenvalue weighted by molar-refractivity contribution is -0.135. The lowest BCUT2D eigenvalue weighted by Gasteiger charge is -2.21. The van der Waals surface area contributed by atoms with Crippen molar-refractivity contribution in [2.75, 3.05) is 13.1 Å². The molecule has 0 aromatic carbocycles. The summed E-state index contributed by atoms with van der Waals surface area (Å²) in [5, 5.41) is 0. The normalized spacial score (nSPS) is 11.5. The minimum absolute atomic E-state index is 0. The average molecular weight is 266 g/mol. The quantitative estimate of drug-likeness (QED) is 0.675. The number of hydrogen-bond donors (Lipinski definition) is 2. The maximum atomic E-state index is 11.8. The topological polar surface area (TPSA) is 89.4 Å². The molecular formula is C11H24ClN3O2. The molecule has 0 aromatic rings. The zero-order valence-electron chi connectivity index (χ0n) is 10.6. The minimum atomic E-state index is -0.467. The molecule has 0 heterocycles. The van der Waals surface area contributed by atoms with Gasteiger partial charge >= 0.3 is 0 Å². The van der Waals surface area contributed by atoms with Gasteiger partial charge in [-0.3, -0.25) is 9.59 Å². The Morgan fingerprint density at radius 2 is 1.94 bits per heavy atom. The fourth-order valence-corrected chi connectivity index (χ4v) is 1.34. The molecule has 0 bridgehead atoms. The molecule has 0 aliphatic heterocycles. The van der Waals surface area contributed by atoms with Crippen molar-refractivity contribution in [2.24, 2.45) is 11.5 Å². The molecule has 4 N–H and O–H groups in total. The summed E-state index contributed by atoms with van der Waals surface area (Å²) in [6, 6.07) is 0.00514. The predicted octanol–water partition coefficient (Wildman–Crippen LogP) is 0.650. The van der Waals surface area contributed by atoms with Crippen molar-refractivity contribution in [3.63, 3.8) is 0 Å². The summed E-state index contributed by atoms with van der Waals surface area (Å²) in [6.07, 6.45) is 2.89. The molecule has 1 unspecified atom stereocenters. The van der Waals surface area contributed by atoms with Crippen LogP contribution in [0.15, 0.2) is 0 Å². The lowest BCUT2D eigenvalue weighted by atomic mass is 10.1. The van der Waals surface area contributed by atoms with Crippen LogP contribution < -0.4 is 11.5 Å². The van der Waals surface area contributed by atoms with Gasteiger partial charge < -0.3 is 16.4 Å². The molecule has 0 fully saturated rings. The summed E-state index contributed by atoms with van der Waals surface area (Å²) in [7, 11) is 0. The lowest BCUT2D eigenvalue weighted by Crippen LogP contribution is -2.39. The minimum Gasteiger partial charge on any atom is -0.368 e. The van der Waals surface area contributed by atoms with Crippen molar-refractivity contribution >= 4 is 24.2 Å². The van der Waals surface area contributed by atoms with Crippen LogP contribution in [0.25, 0.3) is 0 Å². The molecule has 0 aromatic heterocycles. The number of primary amides is 1. The fourth-order valence-electron chi connectivity index (χ4n) is 1.34. The van der Waals surface area contributed by atoms with Crippen molar-refractivity contribution < 1.29 is 9.59 Å². The largest absolute Gasteiger partial charge is 0.368 e. The molecule has 0 aliphatic carbocycles. The van der Waals surface area contributed by atoms with Crippen molar-refractivity contribution in [2.45, 2.75) is 45.6 Å². The third-order valence-electron chi connectivity index (χ3n) is 2.29. The molecule has 0 spiro atoms. The van der Waals surface area contributed by atoms with Gasteiger partial charge in [0.05, 0.1) is 6.54 Å². The first kappa shape index (κ1) is 18.6. The molecule has 2 amide bonds. The first-order valence-corrected chi connectivity index (χ1v) is 5.79. The molecule has 1 atom stereocenters. The summed E-state index contributed by atoms with van der Waals surface area (Å²) in [5.41, 5.74) is 10.7. The van der Waals surface area contributed by atoms with E-state index in [1.54, 1.807) is 0 Å². The van der Waals surface area contributed by atoms with E-state index in [9.17, 15) is 9.59 Å². The number of rotatable bonds is 8. The predicted molar refractivity (Wildman–Crippen MR) is 70.8 cm³/mol. The number of carbonyl (C=O) groups excluding carboxylic acids is 2. The summed E-state index contributed by atoms with van der Waals surface area (Å²) in [4.78, 5) is 24.1. The monoisotopic (exact) mass is 265 g/mol. The molecule has 17 heavy (non-hydrogen) atoms. The smallest absolute Gasteiger partial charge is 0.237 e. The van der Waals surface area contributed by atoms with E-state index in [2.05, 4.69) is 0 Å². The van der Waals surface area contributed by atoms with Crippen LogP contribution in [0, 0.1) is 0 Å². The number of nitrogens with zero attached hydrogens (tertiary/aromatic N) is 1. The molecule has 0 saturated heterocycles. The Labute approximate surface area is 109 Å². The van der Waals surface area contributed by atoms with Gasteiger partial charge in [0.1, 0.15) is 0 Å². The first-order chi connectivity index (χ1) is 7.47. The number of carbonyl (C=O) groups is 2. The molecule has 0 aliphatic rings. The molecule has 0 radical (unpaired) electrons. The Kier molecular flexibility index (Phi) is 11.3. The van der Waals surface area contributed by atoms with E-state index in [4.69, 9.17) is 11.5 Å². The van der Waals surface area contributed by atoms with Crippen molar-refractivity contribution in [3.05, 3.63) is 0 Å². The molecule has 5 nitrogen and oxygen atoms in total. The van der Waals surface area contributed by atoms with Crippen LogP contribution >= 0.6 is 12.4 Å². The van der Waals surface area contributed by atoms with E-state index in [1.807, 2.05) is 13.8 Å². The van der Waals surface area contributed by atoms with E-state index in [0.717, 1.165) is 12.8 Å². The zero-order valence-corrected chi connectivity index (χ0v) is 11.5. The standard InChI is InChI=1S/C11H23N3O2.ClH/c1-3-4-7-14(8-10(13)15)11(16)6-5-9(2)12;/h9H,3-8,12H2,1-2H3,(H2,13,15);1H. The van der Waals surface area contributed by atoms with Crippen LogP contribution in [-0.2, 0) is 9.59 Å². The van der Waals surface area contributed by atoms with Gasteiger partial charge in [-0.15, -0.1) is 12.4 Å². The highest BCUT2D eigenvalue weighted by atomic mass is 35.5. The second-order valence-electron chi connectivity index (χ2n) is 4.15. The SMILES string of the molecule is CCCCN(CC(N)=O)C(=O)CCC(C)N.Cl. The van der Waals surface area contributed by atoms with E-state index in [1.165, 1.54) is 4.90 Å². The molecule has 0 rings (SSSR count). The number of amides is 2. The van der Waals surface area contributed by atoms with Crippen molar-refractivity contribution in [1.82, 2.24) is 4.90 Å². The Morgan fingerprint density at radius 1 is 1.35 bits per heavy atom. The highest BCUT2D eigenvalue weighted by Gasteiger charge is 2.15. The maximum absolute atomic E-state index is 11.8. The van der Waals surface area contributed by atoms with Gasteiger partial charge in [0.2, 0.25) is 11.8 Å². The van der Waals surface area contributed by atoms with E-state index in [0.29, 0.717) is 19.4 Å². The van der Waals surface area contributed by atoms with Crippen LogP contribution in [0.3, 0.4) is 0 Å². The van der Waals surface area contributed by atoms with Gasteiger partial charge in [0, 0.05) is 19.0 Å². The van der Waals surface area contributed by atoms with Crippen LogP contribution in [0.1, 0.15) is 39.5 Å². The Hall–Kier alpha value is -0.810. The van der Waals surface area contributed by atoms with Crippen LogP contribution in [0.5, 0.6) is 0 Å². The van der Waals surface area contributed by atoms with Gasteiger partial charge in [0.15, 0.2) is 0 Å². The maximum Gasteiger partial charge on any atom is 0.237 e.